The van der Waals surface area contributed by atoms with E-state index in [1.165, 1.54) is 5.56 Å². The molecule has 5 nitrogen and oxygen atoms in total. The molecule has 1 aromatic heterocycles. The van der Waals surface area contributed by atoms with Gasteiger partial charge in [-0.15, -0.1) is 0 Å². The molecule has 2 heterocycles. The van der Waals surface area contributed by atoms with Gasteiger partial charge in [-0.3, -0.25) is 4.79 Å². The van der Waals surface area contributed by atoms with Crippen LogP contribution in [0, 0.1) is 0 Å². The van der Waals surface area contributed by atoms with Crippen molar-refractivity contribution in [2.75, 3.05) is 20.8 Å². The van der Waals surface area contributed by atoms with Crippen molar-refractivity contribution >= 4 is 16.9 Å². The summed E-state index contributed by atoms with van der Waals surface area (Å²) in [4.78, 5) is 15.1. The smallest absolute Gasteiger partial charge is 0.227 e. The second-order valence-electron chi connectivity index (χ2n) is 7.24. The molecular weight excluding hydrogens is 354 g/mol. The SMILES string of the molecule is COc1cccc(CC2CCCN2C(=O)Cc2coc3cc(OC)ccc23)c1. The molecule has 0 N–H and O–H groups in total. The maximum absolute atomic E-state index is 13.0. The van der Waals surface area contributed by atoms with Gasteiger partial charge in [-0.2, -0.15) is 0 Å². The Bertz CT molecular complexity index is 978. The number of hydrogen-bond acceptors (Lipinski definition) is 4. The Morgan fingerprint density at radius 1 is 1.14 bits per heavy atom. The standard InChI is InChI=1S/C23H25NO4/c1-26-19-7-3-5-16(12-19)11-18-6-4-10-24(18)23(25)13-17-15-28-22-14-20(27-2)8-9-21(17)22/h3,5,7-9,12,14-15,18H,4,6,10-11,13H2,1-2H3. The molecule has 1 unspecified atom stereocenters. The summed E-state index contributed by atoms with van der Waals surface area (Å²) < 4.78 is 16.2. The summed E-state index contributed by atoms with van der Waals surface area (Å²) in [5.41, 5.74) is 2.87. The number of carbonyl (C=O) groups excluding carboxylic acids is 1. The Balaban J connectivity index is 1.47. The third-order valence-electron chi connectivity index (χ3n) is 5.51. The third-order valence-corrected chi connectivity index (χ3v) is 5.51. The summed E-state index contributed by atoms with van der Waals surface area (Å²) in [5, 5.41) is 0.970. The second-order valence-corrected chi connectivity index (χ2v) is 7.24. The van der Waals surface area contributed by atoms with E-state index in [0.29, 0.717) is 6.42 Å². The number of fused-ring (bicyclic) bond motifs is 1. The molecule has 1 aliphatic heterocycles. The number of rotatable bonds is 6. The van der Waals surface area contributed by atoms with Crippen LogP contribution in [0.2, 0.25) is 0 Å². The van der Waals surface area contributed by atoms with Crippen molar-refractivity contribution in [1.29, 1.82) is 0 Å². The van der Waals surface area contributed by atoms with Crippen LogP contribution in [-0.4, -0.2) is 37.6 Å². The van der Waals surface area contributed by atoms with Crippen molar-refractivity contribution in [3.8, 4) is 11.5 Å². The number of hydrogen-bond donors (Lipinski definition) is 0. The number of benzene rings is 2. The van der Waals surface area contributed by atoms with Gasteiger partial charge in [0.1, 0.15) is 17.1 Å². The van der Waals surface area contributed by atoms with Crippen LogP contribution in [0.25, 0.3) is 11.0 Å². The average molecular weight is 379 g/mol. The van der Waals surface area contributed by atoms with Crippen molar-refractivity contribution in [1.82, 2.24) is 4.90 Å². The van der Waals surface area contributed by atoms with Gasteiger partial charge in [-0.1, -0.05) is 12.1 Å². The van der Waals surface area contributed by atoms with Gasteiger partial charge in [0.25, 0.3) is 0 Å². The van der Waals surface area contributed by atoms with Crippen molar-refractivity contribution in [3.05, 3.63) is 59.9 Å². The van der Waals surface area contributed by atoms with E-state index < -0.39 is 0 Å². The van der Waals surface area contributed by atoms with Crippen molar-refractivity contribution in [3.63, 3.8) is 0 Å². The molecule has 0 aliphatic carbocycles. The first-order valence-corrected chi connectivity index (χ1v) is 9.64. The van der Waals surface area contributed by atoms with Gasteiger partial charge in [0.15, 0.2) is 0 Å². The Hall–Kier alpha value is -2.95. The molecule has 1 saturated heterocycles. The summed E-state index contributed by atoms with van der Waals surface area (Å²) >= 11 is 0. The quantitative estimate of drug-likeness (QED) is 0.643. The Morgan fingerprint density at radius 2 is 1.96 bits per heavy atom. The minimum atomic E-state index is 0.156. The van der Waals surface area contributed by atoms with Crippen LogP contribution in [0.15, 0.2) is 53.1 Å². The van der Waals surface area contributed by atoms with E-state index in [2.05, 4.69) is 12.1 Å². The Morgan fingerprint density at radius 3 is 2.79 bits per heavy atom. The van der Waals surface area contributed by atoms with Crippen molar-refractivity contribution < 1.29 is 18.7 Å². The van der Waals surface area contributed by atoms with Crippen LogP contribution >= 0.6 is 0 Å². The minimum absolute atomic E-state index is 0.156. The number of furan rings is 1. The lowest BCUT2D eigenvalue weighted by molar-refractivity contribution is -0.131. The summed E-state index contributed by atoms with van der Waals surface area (Å²) in [6, 6.07) is 14.0. The topological polar surface area (TPSA) is 51.9 Å². The highest BCUT2D eigenvalue weighted by Gasteiger charge is 2.29. The van der Waals surface area contributed by atoms with Crippen LogP contribution < -0.4 is 9.47 Å². The molecule has 4 rings (SSSR count). The van der Waals surface area contributed by atoms with Gasteiger partial charge in [0.05, 0.1) is 26.9 Å². The number of carbonyl (C=O) groups is 1. The van der Waals surface area contributed by atoms with Crippen molar-refractivity contribution in [2.24, 2.45) is 0 Å². The van der Waals surface area contributed by atoms with E-state index in [9.17, 15) is 4.79 Å². The van der Waals surface area contributed by atoms with Gasteiger partial charge in [0, 0.05) is 29.6 Å². The molecule has 3 aromatic rings. The molecule has 0 saturated carbocycles. The predicted octanol–water partition coefficient (Wildman–Crippen LogP) is 4.23. The highest BCUT2D eigenvalue weighted by molar-refractivity contribution is 5.88. The van der Waals surface area contributed by atoms with E-state index >= 15 is 0 Å². The zero-order valence-corrected chi connectivity index (χ0v) is 16.3. The van der Waals surface area contributed by atoms with Gasteiger partial charge in [-0.25, -0.2) is 0 Å². The molecule has 0 spiro atoms. The minimum Gasteiger partial charge on any atom is -0.497 e. The fraction of sp³-hybridized carbons (Fsp3) is 0.348. The molecule has 1 amide bonds. The molecule has 2 aromatic carbocycles. The van der Waals surface area contributed by atoms with E-state index in [0.717, 1.165) is 53.8 Å². The van der Waals surface area contributed by atoms with Crippen molar-refractivity contribution in [2.45, 2.75) is 31.7 Å². The third kappa shape index (κ3) is 3.70. The summed E-state index contributed by atoms with van der Waals surface area (Å²) in [6.07, 6.45) is 4.98. The van der Waals surface area contributed by atoms with Crippen LogP contribution in [-0.2, 0) is 17.6 Å². The lowest BCUT2D eigenvalue weighted by Crippen LogP contribution is -2.37. The van der Waals surface area contributed by atoms with E-state index in [1.807, 2.05) is 35.2 Å². The number of likely N-dealkylation sites (tertiary alicyclic amines) is 1. The summed E-state index contributed by atoms with van der Waals surface area (Å²) in [5.74, 6) is 1.76. The monoisotopic (exact) mass is 379 g/mol. The number of methoxy groups -OCH3 is 2. The molecule has 1 atom stereocenters. The highest BCUT2D eigenvalue weighted by Crippen LogP contribution is 2.28. The second kappa shape index (κ2) is 7.97. The first-order chi connectivity index (χ1) is 13.7. The molecule has 0 radical (unpaired) electrons. The van der Waals surface area contributed by atoms with E-state index in [4.69, 9.17) is 13.9 Å². The van der Waals surface area contributed by atoms with Crippen LogP contribution in [0.1, 0.15) is 24.0 Å². The highest BCUT2D eigenvalue weighted by atomic mass is 16.5. The zero-order chi connectivity index (χ0) is 19.5. The number of amides is 1. The summed E-state index contributed by atoms with van der Waals surface area (Å²) in [7, 11) is 3.31. The fourth-order valence-corrected chi connectivity index (χ4v) is 4.04. The molecule has 5 heteroatoms. The summed E-state index contributed by atoms with van der Waals surface area (Å²) in [6.45, 7) is 0.817. The fourth-order valence-electron chi connectivity index (χ4n) is 4.04. The van der Waals surface area contributed by atoms with Gasteiger partial charge in [0.2, 0.25) is 5.91 Å². The molecule has 1 aliphatic rings. The maximum Gasteiger partial charge on any atom is 0.227 e. The molecule has 28 heavy (non-hydrogen) atoms. The van der Waals surface area contributed by atoms with E-state index in [1.54, 1.807) is 20.5 Å². The maximum atomic E-state index is 13.0. The molecule has 146 valence electrons. The van der Waals surface area contributed by atoms with Gasteiger partial charge in [-0.05, 0) is 49.1 Å². The first kappa shape index (κ1) is 18.4. The Labute approximate surface area is 164 Å². The number of nitrogens with zero attached hydrogens (tertiary/aromatic N) is 1. The Kier molecular flexibility index (Phi) is 5.24. The van der Waals surface area contributed by atoms with Crippen LogP contribution in [0.4, 0.5) is 0 Å². The largest absolute Gasteiger partial charge is 0.497 e. The van der Waals surface area contributed by atoms with Crippen LogP contribution in [0.5, 0.6) is 11.5 Å². The van der Waals surface area contributed by atoms with Gasteiger partial charge >= 0.3 is 0 Å². The lowest BCUT2D eigenvalue weighted by Gasteiger charge is -2.25. The molecular formula is C23H25NO4. The predicted molar refractivity (Wildman–Crippen MR) is 108 cm³/mol. The van der Waals surface area contributed by atoms with E-state index in [-0.39, 0.29) is 11.9 Å². The zero-order valence-electron chi connectivity index (χ0n) is 16.3. The number of ether oxygens (including phenoxy) is 2. The molecule has 1 fully saturated rings. The van der Waals surface area contributed by atoms with Gasteiger partial charge < -0.3 is 18.8 Å². The first-order valence-electron chi connectivity index (χ1n) is 9.64. The average Bonchev–Trinajstić information content (AvgIpc) is 3.34. The normalized spacial score (nSPS) is 16.5. The molecule has 0 bridgehead atoms. The van der Waals surface area contributed by atoms with Crippen LogP contribution in [0.3, 0.4) is 0 Å². The lowest BCUT2D eigenvalue weighted by atomic mass is 10.0.